The van der Waals surface area contributed by atoms with Crippen LogP contribution in [0.5, 0.6) is 0 Å². The number of benzene rings is 2. The Bertz CT molecular complexity index is 1100. The number of fused-ring (bicyclic) bond motifs is 1. The summed E-state index contributed by atoms with van der Waals surface area (Å²) in [5, 5.41) is 1.13. The van der Waals surface area contributed by atoms with Crippen molar-refractivity contribution in [2.45, 2.75) is 0 Å². The molecule has 0 bridgehead atoms. The highest BCUT2D eigenvalue weighted by Gasteiger charge is 2.23. The number of esters is 1. The van der Waals surface area contributed by atoms with E-state index in [1.165, 1.54) is 6.07 Å². The predicted molar refractivity (Wildman–Crippen MR) is 112 cm³/mol. The van der Waals surface area contributed by atoms with Gasteiger partial charge in [0.25, 0.3) is 5.91 Å². The lowest BCUT2D eigenvalue weighted by Gasteiger charge is -2.36. The van der Waals surface area contributed by atoms with Crippen LogP contribution in [-0.2, 0) is 9.53 Å². The SMILES string of the molecule is O=C(OCC(=O)N1CCN(c2ccccc2F)CC1)c1ccc2nc(Cl)ccc2c1. The van der Waals surface area contributed by atoms with Crippen LogP contribution in [-0.4, -0.2) is 54.5 Å². The van der Waals surface area contributed by atoms with Crippen LogP contribution in [0.3, 0.4) is 0 Å². The third kappa shape index (κ3) is 4.36. The average Bonchev–Trinajstić information content (AvgIpc) is 2.77. The van der Waals surface area contributed by atoms with E-state index in [9.17, 15) is 14.0 Å². The van der Waals surface area contributed by atoms with Crippen molar-refractivity contribution >= 4 is 40.1 Å². The number of rotatable bonds is 4. The van der Waals surface area contributed by atoms with E-state index in [4.69, 9.17) is 16.3 Å². The summed E-state index contributed by atoms with van der Waals surface area (Å²) < 4.78 is 19.1. The molecule has 30 heavy (non-hydrogen) atoms. The maximum Gasteiger partial charge on any atom is 0.338 e. The molecule has 8 heteroatoms. The van der Waals surface area contributed by atoms with E-state index in [1.807, 2.05) is 4.90 Å². The van der Waals surface area contributed by atoms with E-state index < -0.39 is 5.97 Å². The van der Waals surface area contributed by atoms with Crippen molar-refractivity contribution < 1.29 is 18.7 Å². The molecule has 0 saturated carbocycles. The van der Waals surface area contributed by atoms with Gasteiger partial charge in [0.1, 0.15) is 11.0 Å². The average molecular weight is 428 g/mol. The summed E-state index contributed by atoms with van der Waals surface area (Å²) in [5.74, 6) is -1.13. The second kappa shape index (κ2) is 8.67. The molecular formula is C22H19ClFN3O3. The zero-order chi connectivity index (χ0) is 21.1. The van der Waals surface area contributed by atoms with Gasteiger partial charge in [-0.15, -0.1) is 0 Å². The normalized spacial score (nSPS) is 14.1. The molecule has 4 rings (SSSR count). The zero-order valence-corrected chi connectivity index (χ0v) is 16.8. The van der Waals surface area contributed by atoms with Crippen LogP contribution in [0.1, 0.15) is 10.4 Å². The fourth-order valence-electron chi connectivity index (χ4n) is 3.43. The number of piperazine rings is 1. The van der Waals surface area contributed by atoms with Gasteiger partial charge in [-0.2, -0.15) is 0 Å². The molecule has 0 spiro atoms. The van der Waals surface area contributed by atoms with Crippen molar-refractivity contribution in [2.24, 2.45) is 0 Å². The Morgan fingerprint density at radius 2 is 1.80 bits per heavy atom. The van der Waals surface area contributed by atoms with Crippen LogP contribution in [0.25, 0.3) is 10.9 Å². The third-order valence-corrected chi connectivity index (χ3v) is 5.25. The fraction of sp³-hybridized carbons (Fsp3) is 0.227. The van der Waals surface area contributed by atoms with Crippen LogP contribution in [0.15, 0.2) is 54.6 Å². The summed E-state index contributed by atoms with van der Waals surface area (Å²) in [6, 6.07) is 14.9. The number of anilines is 1. The molecule has 2 heterocycles. The molecule has 0 N–H and O–H groups in total. The molecule has 1 saturated heterocycles. The van der Waals surface area contributed by atoms with Gasteiger partial charge in [0.15, 0.2) is 6.61 Å². The summed E-state index contributed by atoms with van der Waals surface area (Å²) >= 11 is 5.86. The highest BCUT2D eigenvalue weighted by molar-refractivity contribution is 6.29. The molecule has 2 aromatic carbocycles. The molecule has 0 unspecified atom stereocenters. The minimum atomic E-state index is -0.579. The Hall–Kier alpha value is -3.19. The number of aromatic nitrogens is 1. The largest absolute Gasteiger partial charge is 0.452 e. The fourth-order valence-corrected chi connectivity index (χ4v) is 3.59. The van der Waals surface area contributed by atoms with Gasteiger partial charge in [0.2, 0.25) is 0 Å². The van der Waals surface area contributed by atoms with E-state index in [1.54, 1.807) is 53.4 Å². The van der Waals surface area contributed by atoms with Crippen LogP contribution in [0, 0.1) is 5.82 Å². The summed E-state index contributed by atoms with van der Waals surface area (Å²) in [6.07, 6.45) is 0. The van der Waals surface area contributed by atoms with Gasteiger partial charge in [-0.25, -0.2) is 14.2 Å². The van der Waals surface area contributed by atoms with Crippen molar-refractivity contribution in [2.75, 3.05) is 37.7 Å². The molecule has 1 amide bonds. The number of carbonyl (C=O) groups is 2. The number of halogens is 2. The van der Waals surface area contributed by atoms with Gasteiger partial charge >= 0.3 is 5.97 Å². The number of pyridine rings is 1. The Labute approximate surface area is 177 Å². The van der Waals surface area contributed by atoms with Crippen molar-refractivity contribution in [1.29, 1.82) is 0 Å². The number of carbonyl (C=O) groups excluding carboxylic acids is 2. The van der Waals surface area contributed by atoms with Crippen LogP contribution in [0.4, 0.5) is 10.1 Å². The number of nitrogens with zero attached hydrogens (tertiary/aromatic N) is 3. The van der Waals surface area contributed by atoms with Gasteiger partial charge in [0.05, 0.1) is 16.8 Å². The Morgan fingerprint density at radius 1 is 1.03 bits per heavy atom. The topological polar surface area (TPSA) is 62.7 Å². The first kappa shape index (κ1) is 20.1. The van der Waals surface area contributed by atoms with Crippen LogP contribution < -0.4 is 4.90 Å². The second-order valence-corrected chi connectivity index (χ2v) is 7.32. The molecule has 1 aromatic heterocycles. The highest BCUT2D eigenvalue weighted by Crippen LogP contribution is 2.20. The molecule has 0 aliphatic carbocycles. The lowest BCUT2D eigenvalue weighted by atomic mass is 10.1. The zero-order valence-electron chi connectivity index (χ0n) is 16.1. The predicted octanol–water partition coefficient (Wildman–Crippen LogP) is 3.53. The van der Waals surface area contributed by atoms with Gasteiger partial charge in [-0.3, -0.25) is 4.79 Å². The van der Waals surface area contributed by atoms with E-state index >= 15 is 0 Å². The first-order valence-corrected chi connectivity index (χ1v) is 9.90. The minimum absolute atomic E-state index is 0.272. The van der Waals surface area contributed by atoms with E-state index in [0.29, 0.717) is 48.1 Å². The molecule has 1 aliphatic rings. The second-order valence-electron chi connectivity index (χ2n) is 6.94. The maximum atomic E-state index is 13.9. The van der Waals surface area contributed by atoms with E-state index in [2.05, 4.69) is 4.98 Å². The summed E-state index contributed by atoms with van der Waals surface area (Å²) in [6.45, 7) is 1.57. The quantitative estimate of drug-likeness (QED) is 0.471. The van der Waals surface area contributed by atoms with Gasteiger partial charge in [-0.05, 0) is 42.5 Å². The first-order chi connectivity index (χ1) is 14.5. The molecule has 1 aliphatic heterocycles. The van der Waals surface area contributed by atoms with E-state index in [0.717, 1.165) is 5.39 Å². The van der Waals surface area contributed by atoms with Crippen LogP contribution in [0.2, 0.25) is 5.15 Å². The van der Waals surface area contributed by atoms with Crippen molar-refractivity contribution in [3.63, 3.8) is 0 Å². The van der Waals surface area contributed by atoms with Gasteiger partial charge in [-0.1, -0.05) is 23.7 Å². The minimum Gasteiger partial charge on any atom is -0.452 e. The molecule has 1 fully saturated rings. The van der Waals surface area contributed by atoms with Crippen LogP contribution >= 0.6 is 11.6 Å². The Balaban J connectivity index is 1.31. The first-order valence-electron chi connectivity index (χ1n) is 9.52. The van der Waals surface area contributed by atoms with E-state index in [-0.39, 0.29) is 18.3 Å². The standard InChI is InChI=1S/C22H19ClFN3O3/c23-20-8-6-15-13-16(5-7-18(15)25-20)22(29)30-14-21(28)27-11-9-26(10-12-27)19-4-2-1-3-17(19)24/h1-8,13H,9-12,14H2. The Morgan fingerprint density at radius 3 is 2.57 bits per heavy atom. The summed E-state index contributed by atoms with van der Waals surface area (Å²) in [4.78, 5) is 32.4. The van der Waals surface area contributed by atoms with Crippen molar-refractivity contribution in [1.82, 2.24) is 9.88 Å². The molecular weight excluding hydrogens is 409 g/mol. The highest BCUT2D eigenvalue weighted by atomic mass is 35.5. The molecule has 3 aromatic rings. The monoisotopic (exact) mass is 427 g/mol. The Kier molecular flexibility index (Phi) is 5.81. The summed E-state index contributed by atoms with van der Waals surface area (Å²) in [5.41, 5.74) is 1.54. The smallest absolute Gasteiger partial charge is 0.338 e. The number of para-hydroxylation sites is 1. The summed E-state index contributed by atoms with van der Waals surface area (Å²) in [7, 11) is 0. The molecule has 154 valence electrons. The number of hydrogen-bond donors (Lipinski definition) is 0. The number of amides is 1. The molecule has 0 atom stereocenters. The number of ether oxygens (including phenoxy) is 1. The molecule has 0 radical (unpaired) electrons. The van der Waals surface area contributed by atoms with Gasteiger partial charge < -0.3 is 14.5 Å². The van der Waals surface area contributed by atoms with Gasteiger partial charge in [0, 0.05) is 31.6 Å². The van der Waals surface area contributed by atoms with Crippen molar-refractivity contribution in [3.8, 4) is 0 Å². The molecule has 6 nitrogen and oxygen atoms in total. The third-order valence-electron chi connectivity index (χ3n) is 5.04. The maximum absolute atomic E-state index is 13.9. The van der Waals surface area contributed by atoms with Crippen molar-refractivity contribution in [3.05, 3.63) is 71.1 Å². The lowest BCUT2D eigenvalue weighted by molar-refractivity contribution is -0.134. The lowest BCUT2D eigenvalue weighted by Crippen LogP contribution is -2.50. The number of hydrogen-bond acceptors (Lipinski definition) is 5.